The fraction of sp³-hybridized carbons (Fsp3) is 0.600. The van der Waals surface area contributed by atoms with Gasteiger partial charge in [-0.05, 0) is 77.0 Å². The molecule has 3 fully saturated rings. The van der Waals surface area contributed by atoms with Crippen molar-refractivity contribution >= 4 is 17.4 Å². The lowest BCUT2D eigenvalue weighted by atomic mass is 9.78. The number of aryl methyl sites for hydroxylation is 3. The molecule has 1 amide bonds. The molecular weight excluding hydrogens is 492 g/mol. The van der Waals surface area contributed by atoms with Crippen LogP contribution < -0.4 is 9.64 Å². The van der Waals surface area contributed by atoms with E-state index in [1.165, 1.54) is 11.3 Å². The lowest BCUT2D eigenvalue weighted by Crippen LogP contribution is -2.47. The zero-order valence-corrected chi connectivity index (χ0v) is 23.6. The van der Waals surface area contributed by atoms with Gasteiger partial charge in [0.15, 0.2) is 5.75 Å². The lowest BCUT2D eigenvalue weighted by molar-refractivity contribution is -0.143. The van der Waals surface area contributed by atoms with Crippen molar-refractivity contribution in [2.45, 2.75) is 77.9 Å². The molecule has 0 N–H and O–H groups in total. The first-order chi connectivity index (χ1) is 18.9. The zero-order chi connectivity index (χ0) is 27.1. The molecule has 2 aromatic heterocycles. The van der Waals surface area contributed by atoms with Crippen molar-refractivity contribution in [2.75, 3.05) is 37.7 Å². The number of carbonyl (C=O) groups excluding carboxylic acids is 1. The Morgan fingerprint density at radius 1 is 0.974 bits per heavy atom. The summed E-state index contributed by atoms with van der Waals surface area (Å²) < 4.78 is 13.9. The first-order valence-electron chi connectivity index (χ1n) is 14.5. The van der Waals surface area contributed by atoms with Crippen LogP contribution in [-0.2, 0) is 9.53 Å². The molecule has 0 spiro atoms. The minimum absolute atomic E-state index is 0.105. The Labute approximate surface area is 230 Å². The Bertz CT molecular complexity index is 1330. The number of hydrogen-bond donors (Lipinski definition) is 0. The number of fused-ring (bicyclic) bond motifs is 1. The zero-order valence-electron chi connectivity index (χ0n) is 23.6. The van der Waals surface area contributed by atoms with Crippen LogP contribution in [0.15, 0.2) is 24.3 Å². The van der Waals surface area contributed by atoms with Crippen LogP contribution in [0, 0.1) is 26.7 Å². The molecule has 3 aliphatic rings. The van der Waals surface area contributed by atoms with E-state index in [2.05, 4.69) is 51.2 Å². The quantitative estimate of drug-likeness (QED) is 0.486. The minimum atomic E-state index is 0.105. The molecule has 39 heavy (non-hydrogen) atoms. The summed E-state index contributed by atoms with van der Waals surface area (Å²) >= 11 is 0. The maximum Gasteiger partial charge on any atom is 0.253 e. The second-order valence-electron chi connectivity index (χ2n) is 11.6. The molecule has 0 unspecified atom stereocenters. The summed E-state index contributed by atoms with van der Waals surface area (Å²) in [5.41, 5.74) is 4.43. The van der Waals surface area contributed by atoms with Crippen molar-refractivity contribution < 1.29 is 14.3 Å². The third kappa shape index (κ3) is 5.33. The lowest BCUT2D eigenvalue weighted by Gasteiger charge is -2.36. The van der Waals surface area contributed by atoms with Gasteiger partial charge in [0.25, 0.3) is 5.78 Å². The van der Waals surface area contributed by atoms with Gasteiger partial charge in [-0.15, -0.1) is 5.10 Å². The van der Waals surface area contributed by atoms with Crippen LogP contribution in [0.2, 0.25) is 0 Å². The molecule has 6 rings (SSSR count). The number of anilines is 1. The number of aromatic nitrogens is 4. The van der Waals surface area contributed by atoms with E-state index in [9.17, 15) is 4.79 Å². The molecule has 3 aromatic rings. The van der Waals surface area contributed by atoms with Crippen LogP contribution in [0.1, 0.15) is 67.7 Å². The monoisotopic (exact) mass is 532 g/mol. The van der Waals surface area contributed by atoms with Gasteiger partial charge in [-0.1, -0.05) is 12.1 Å². The molecule has 2 aliphatic heterocycles. The number of carbonyl (C=O) groups is 1. The minimum Gasteiger partial charge on any atom is -0.485 e. The van der Waals surface area contributed by atoms with Crippen molar-refractivity contribution in [1.82, 2.24) is 24.5 Å². The van der Waals surface area contributed by atoms with Gasteiger partial charge in [0.1, 0.15) is 11.9 Å². The molecule has 9 nitrogen and oxygen atoms in total. The average molecular weight is 533 g/mol. The Morgan fingerprint density at radius 3 is 2.49 bits per heavy atom. The van der Waals surface area contributed by atoms with Crippen LogP contribution in [0.5, 0.6) is 5.75 Å². The summed E-state index contributed by atoms with van der Waals surface area (Å²) in [5.74, 6) is 3.19. The van der Waals surface area contributed by atoms with E-state index >= 15 is 0 Å². The van der Waals surface area contributed by atoms with E-state index in [1.807, 2.05) is 25.7 Å². The first-order valence-corrected chi connectivity index (χ1v) is 14.5. The standard InChI is InChI=1S/C30H40N6O3/c1-19-17-35(15-16-38-19)29(37)25-7-5-23(6-8-25)24-9-11-26(12-10-24)34-14-13-27(18-34)39-28-20(2)31-30-32-22(4)33-36(30)21(28)3/h9-12,19,23,25,27H,5-8,13-18H2,1-4H3/t19-,23-,25-,27+/m0/s1. The molecule has 0 radical (unpaired) electrons. The summed E-state index contributed by atoms with van der Waals surface area (Å²) in [7, 11) is 0. The number of hydrogen-bond acceptors (Lipinski definition) is 7. The predicted octanol–water partition coefficient (Wildman–Crippen LogP) is 4.23. The van der Waals surface area contributed by atoms with E-state index in [0.717, 1.165) is 75.4 Å². The third-order valence-electron chi connectivity index (χ3n) is 8.73. The fourth-order valence-corrected chi connectivity index (χ4v) is 6.56. The summed E-state index contributed by atoms with van der Waals surface area (Å²) in [6.45, 7) is 11.9. The molecule has 2 atom stereocenters. The van der Waals surface area contributed by atoms with Gasteiger partial charge in [0, 0.05) is 37.7 Å². The van der Waals surface area contributed by atoms with Gasteiger partial charge < -0.3 is 19.3 Å². The highest BCUT2D eigenvalue weighted by atomic mass is 16.5. The molecular formula is C30H40N6O3. The Hall–Kier alpha value is -3.20. The summed E-state index contributed by atoms with van der Waals surface area (Å²) in [6.07, 6.45) is 5.34. The highest BCUT2D eigenvalue weighted by Crippen LogP contribution is 2.37. The normalized spacial score (nSPS) is 25.8. The number of amides is 1. The molecule has 1 aromatic carbocycles. The Morgan fingerprint density at radius 2 is 1.74 bits per heavy atom. The van der Waals surface area contributed by atoms with Gasteiger partial charge in [0.05, 0.1) is 30.6 Å². The largest absolute Gasteiger partial charge is 0.485 e. The van der Waals surface area contributed by atoms with Crippen molar-refractivity contribution in [2.24, 2.45) is 5.92 Å². The average Bonchev–Trinajstić information content (AvgIpc) is 3.57. The Balaban J connectivity index is 1.03. The number of nitrogens with zero attached hydrogens (tertiary/aromatic N) is 6. The van der Waals surface area contributed by atoms with Crippen LogP contribution in [0.4, 0.5) is 5.69 Å². The van der Waals surface area contributed by atoms with Crippen molar-refractivity contribution in [3.63, 3.8) is 0 Å². The number of rotatable bonds is 5. The topological polar surface area (TPSA) is 85.1 Å². The molecule has 208 valence electrons. The highest BCUT2D eigenvalue weighted by Gasteiger charge is 2.32. The first kappa shape index (κ1) is 26.0. The van der Waals surface area contributed by atoms with Gasteiger partial charge in [-0.2, -0.15) is 9.50 Å². The molecule has 0 bridgehead atoms. The van der Waals surface area contributed by atoms with Crippen molar-refractivity contribution in [3.8, 4) is 5.75 Å². The fourth-order valence-electron chi connectivity index (χ4n) is 6.56. The molecule has 1 aliphatic carbocycles. The summed E-state index contributed by atoms with van der Waals surface area (Å²) in [5, 5.41) is 4.46. The van der Waals surface area contributed by atoms with Gasteiger partial charge >= 0.3 is 0 Å². The van der Waals surface area contributed by atoms with E-state index in [1.54, 1.807) is 4.52 Å². The van der Waals surface area contributed by atoms with E-state index < -0.39 is 0 Å². The van der Waals surface area contributed by atoms with Crippen molar-refractivity contribution in [1.29, 1.82) is 0 Å². The van der Waals surface area contributed by atoms with Gasteiger partial charge in [-0.3, -0.25) is 4.79 Å². The maximum atomic E-state index is 13.0. The molecule has 1 saturated carbocycles. The third-order valence-corrected chi connectivity index (χ3v) is 8.73. The molecule has 4 heterocycles. The molecule has 9 heteroatoms. The number of benzene rings is 1. The smallest absolute Gasteiger partial charge is 0.253 e. The van der Waals surface area contributed by atoms with Crippen LogP contribution >= 0.6 is 0 Å². The van der Waals surface area contributed by atoms with Gasteiger partial charge in [0.2, 0.25) is 5.91 Å². The number of morpholine rings is 1. The van der Waals surface area contributed by atoms with Crippen LogP contribution in [0.3, 0.4) is 0 Å². The summed E-state index contributed by atoms with van der Waals surface area (Å²) in [6, 6.07) is 9.09. The molecule has 2 saturated heterocycles. The predicted molar refractivity (Wildman–Crippen MR) is 149 cm³/mol. The second kappa shape index (κ2) is 10.8. The van der Waals surface area contributed by atoms with Crippen LogP contribution in [-0.4, -0.2) is 75.4 Å². The van der Waals surface area contributed by atoms with Crippen LogP contribution in [0.25, 0.3) is 5.78 Å². The van der Waals surface area contributed by atoms with Crippen molar-refractivity contribution in [3.05, 3.63) is 47.0 Å². The summed E-state index contributed by atoms with van der Waals surface area (Å²) in [4.78, 5) is 26.4. The Kier molecular flexibility index (Phi) is 7.18. The maximum absolute atomic E-state index is 13.0. The van der Waals surface area contributed by atoms with E-state index in [-0.39, 0.29) is 18.1 Å². The van der Waals surface area contributed by atoms with Gasteiger partial charge in [-0.25, -0.2) is 4.98 Å². The second-order valence-corrected chi connectivity index (χ2v) is 11.6. The number of ether oxygens (including phenoxy) is 2. The SMILES string of the molecule is Cc1nc2nc(C)c(O[C@@H]3CCN(c4ccc([C@H]5CC[C@H](C(=O)N6CCO[C@@H](C)C6)CC5)cc4)C3)c(C)n2n1. The van der Waals surface area contributed by atoms with E-state index in [4.69, 9.17) is 9.47 Å². The highest BCUT2D eigenvalue weighted by molar-refractivity contribution is 5.79. The van der Waals surface area contributed by atoms with E-state index in [0.29, 0.717) is 30.0 Å².